The highest BCUT2D eigenvalue weighted by molar-refractivity contribution is 5.81. The average molecular weight is 409 g/mol. The fraction of sp³-hybridized carbons (Fsp3) is 0.238. The van der Waals surface area contributed by atoms with Gasteiger partial charge in [-0.15, -0.1) is 10.2 Å². The molecule has 9 nitrogen and oxygen atoms in total. The van der Waals surface area contributed by atoms with Crippen LogP contribution in [0.5, 0.6) is 17.2 Å². The van der Waals surface area contributed by atoms with Gasteiger partial charge in [0.05, 0.1) is 26.5 Å². The molecule has 0 amide bonds. The second kappa shape index (κ2) is 10.1. The highest BCUT2D eigenvalue weighted by Crippen LogP contribution is 2.28. The molecule has 9 heteroatoms. The zero-order valence-corrected chi connectivity index (χ0v) is 17.0. The molecule has 0 unspecified atom stereocenters. The Morgan fingerprint density at radius 2 is 1.77 bits per heavy atom. The normalized spacial score (nSPS) is 10.8. The maximum atomic E-state index is 12.3. The van der Waals surface area contributed by atoms with E-state index in [1.54, 1.807) is 37.6 Å². The van der Waals surface area contributed by atoms with Crippen LogP contribution in [-0.4, -0.2) is 41.7 Å². The van der Waals surface area contributed by atoms with Crippen LogP contribution in [0.2, 0.25) is 0 Å². The number of H-pyrrole nitrogens is 1. The second-order valence-corrected chi connectivity index (χ2v) is 6.02. The number of rotatable bonds is 9. The molecule has 0 bridgehead atoms. The van der Waals surface area contributed by atoms with Gasteiger partial charge in [0.2, 0.25) is 5.95 Å². The van der Waals surface area contributed by atoms with E-state index in [0.29, 0.717) is 36.0 Å². The first kappa shape index (κ1) is 20.8. The zero-order valence-electron chi connectivity index (χ0n) is 17.0. The first-order valence-electron chi connectivity index (χ1n) is 9.44. The van der Waals surface area contributed by atoms with E-state index in [2.05, 4.69) is 25.7 Å². The number of nitrogens with one attached hydrogen (secondary N) is 2. The number of nitrogens with zero attached hydrogens (tertiary/aromatic N) is 3. The molecule has 30 heavy (non-hydrogen) atoms. The molecule has 0 saturated carbocycles. The summed E-state index contributed by atoms with van der Waals surface area (Å²) >= 11 is 0. The van der Waals surface area contributed by atoms with Gasteiger partial charge < -0.3 is 14.2 Å². The minimum Gasteiger partial charge on any atom is -0.497 e. The van der Waals surface area contributed by atoms with Crippen molar-refractivity contribution in [3.05, 3.63) is 58.4 Å². The molecule has 0 radical (unpaired) electrons. The number of hydrazone groups is 1. The maximum Gasteiger partial charge on any atom is 0.279 e. The van der Waals surface area contributed by atoms with Gasteiger partial charge in [-0.05, 0) is 61.9 Å². The van der Waals surface area contributed by atoms with E-state index in [4.69, 9.17) is 14.2 Å². The summed E-state index contributed by atoms with van der Waals surface area (Å²) in [5.74, 6) is 2.14. The molecule has 0 aliphatic rings. The van der Waals surface area contributed by atoms with Gasteiger partial charge >= 0.3 is 0 Å². The quantitative estimate of drug-likeness (QED) is 0.413. The SMILES string of the molecule is CCOc1ccc(/C=N/Nc2nnc(-c3ccc(OC)cc3)c(=O)[nH]2)cc1OCC. The Kier molecular flexibility index (Phi) is 6.99. The highest BCUT2D eigenvalue weighted by atomic mass is 16.5. The van der Waals surface area contributed by atoms with E-state index in [1.807, 2.05) is 32.0 Å². The second-order valence-electron chi connectivity index (χ2n) is 6.02. The van der Waals surface area contributed by atoms with Crippen molar-refractivity contribution in [2.75, 3.05) is 25.7 Å². The van der Waals surface area contributed by atoms with Crippen LogP contribution in [0.25, 0.3) is 11.3 Å². The fourth-order valence-electron chi connectivity index (χ4n) is 2.64. The number of anilines is 1. The molecule has 3 aromatic rings. The Hall–Kier alpha value is -3.88. The number of hydrogen-bond donors (Lipinski definition) is 2. The lowest BCUT2D eigenvalue weighted by Gasteiger charge is -2.11. The molecule has 0 aliphatic heterocycles. The number of aromatic amines is 1. The summed E-state index contributed by atoms with van der Waals surface area (Å²) in [5, 5.41) is 12.1. The average Bonchev–Trinajstić information content (AvgIpc) is 2.76. The molecular formula is C21H23N5O4. The number of aromatic nitrogens is 3. The van der Waals surface area contributed by atoms with Crippen LogP contribution < -0.4 is 25.2 Å². The summed E-state index contributed by atoms with van der Waals surface area (Å²) in [5.41, 5.74) is 3.92. The Morgan fingerprint density at radius 3 is 2.43 bits per heavy atom. The summed E-state index contributed by atoms with van der Waals surface area (Å²) in [4.78, 5) is 14.9. The van der Waals surface area contributed by atoms with E-state index in [9.17, 15) is 4.79 Å². The van der Waals surface area contributed by atoms with Crippen LogP contribution in [0.4, 0.5) is 5.95 Å². The minimum absolute atomic E-state index is 0.129. The lowest BCUT2D eigenvalue weighted by Crippen LogP contribution is -2.15. The van der Waals surface area contributed by atoms with Crippen molar-refractivity contribution < 1.29 is 14.2 Å². The smallest absolute Gasteiger partial charge is 0.279 e. The van der Waals surface area contributed by atoms with E-state index in [1.165, 1.54) is 0 Å². The van der Waals surface area contributed by atoms with Crippen molar-refractivity contribution in [2.24, 2.45) is 5.10 Å². The molecule has 2 N–H and O–H groups in total. The summed E-state index contributed by atoms with van der Waals surface area (Å²) in [7, 11) is 1.58. The van der Waals surface area contributed by atoms with Crippen LogP contribution in [0.3, 0.4) is 0 Å². The standard InChI is InChI=1S/C21H23N5O4/c1-4-29-17-11-6-14(12-18(17)30-5-2)13-22-25-21-23-20(27)19(24-26-21)15-7-9-16(28-3)10-8-15/h6-13H,4-5H2,1-3H3,(H2,23,25,26,27)/b22-13+. The van der Waals surface area contributed by atoms with E-state index < -0.39 is 0 Å². The first-order valence-corrected chi connectivity index (χ1v) is 9.44. The fourth-order valence-corrected chi connectivity index (χ4v) is 2.64. The topological polar surface area (TPSA) is 111 Å². The van der Waals surface area contributed by atoms with Crippen LogP contribution in [0.15, 0.2) is 52.4 Å². The third kappa shape index (κ3) is 5.13. The van der Waals surface area contributed by atoms with Crippen LogP contribution in [0, 0.1) is 0 Å². The lowest BCUT2D eigenvalue weighted by molar-refractivity contribution is 0.288. The maximum absolute atomic E-state index is 12.3. The predicted octanol–water partition coefficient (Wildman–Crippen LogP) is 3.08. The summed E-state index contributed by atoms with van der Waals surface area (Å²) in [6.07, 6.45) is 1.58. The predicted molar refractivity (Wildman–Crippen MR) is 115 cm³/mol. The molecule has 2 aromatic carbocycles. The third-order valence-electron chi connectivity index (χ3n) is 4.01. The van der Waals surface area contributed by atoms with Gasteiger partial charge in [-0.3, -0.25) is 9.78 Å². The van der Waals surface area contributed by atoms with Gasteiger partial charge in [0, 0.05) is 5.56 Å². The Bertz CT molecular complexity index is 1060. The van der Waals surface area contributed by atoms with Gasteiger partial charge in [0.25, 0.3) is 5.56 Å². The molecule has 0 saturated heterocycles. The van der Waals surface area contributed by atoms with Gasteiger partial charge in [0.1, 0.15) is 5.75 Å². The van der Waals surface area contributed by atoms with Crippen molar-refractivity contribution in [1.29, 1.82) is 0 Å². The van der Waals surface area contributed by atoms with Crippen LogP contribution in [0.1, 0.15) is 19.4 Å². The molecule has 0 fully saturated rings. The van der Waals surface area contributed by atoms with E-state index >= 15 is 0 Å². The molecule has 0 spiro atoms. The molecule has 1 heterocycles. The Balaban J connectivity index is 1.71. The Labute approximate surface area is 173 Å². The molecule has 0 atom stereocenters. The van der Waals surface area contributed by atoms with Crippen LogP contribution >= 0.6 is 0 Å². The first-order chi connectivity index (χ1) is 14.6. The molecule has 156 valence electrons. The summed E-state index contributed by atoms with van der Waals surface area (Å²) in [6.45, 7) is 4.89. The van der Waals surface area contributed by atoms with E-state index in [-0.39, 0.29) is 17.2 Å². The molecule has 3 rings (SSSR count). The minimum atomic E-state index is -0.382. The monoisotopic (exact) mass is 409 g/mol. The zero-order chi connectivity index (χ0) is 21.3. The summed E-state index contributed by atoms with van der Waals surface area (Å²) in [6, 6.07) is 12.5. The van der Waals surface area contributed by atoms with E-state index in [0.717, 1.165) is 5.56 Å². The molecule has 1 aromatic heterocycles. The third-order valence-corrected chi connectivity index (χ3v) is 4.01. The number of benzene rings is 2. The van der Waals surface area contributed by atoms with Crippen molar-refractivity contribution in [2.45, 2.75) is 13.8 Å². The van der Waals surface area contributed by atoms with Gasteiger partial charge in [0.15, 0.2) is 17.2 Å². The largest absolute Gasteiger partial charge is 0.497 e. The number of hydrogen-bond acceptors (Lipinski definition) is 8. The number of ether oxygens (including phenoxy) is 3. The molecular weight excluding hydrogens is 386 g/mol. The Morgan fingerprint density at radius 1 is 1.03 bits per heavy atom. The van der Waals surface area contributed by atoms with Gasteiger partial charge in [-0.2, -0.15) is 5.10 Å². The highest BCUT2D eigenvalue weighted by Gasteiger charge is 2.08. The van der Waals surface area contributed by atoms with Crippen molar-refractivity contribution in [3.63, 3.8) is 0 Å². The lowest BCUT2D eigenvalue weighted by atomic mass is 10.1. The van der Waals surface area contributed by atoms with Crippen molar-refractivity contribution >= 4 is 12.2 Å². The van der Waals surface area contributed by atoms with Crippen molar-refractivity contribution in [1.82, 2.24) is 15.2 Å². The molecule has 0 aliphatic carbocycles. The summed E-state index contributed by atoms with van der Waals surface area (Å²) < 4.78 is 16.2. The van der Waals surface area contributed by atoms with Crippen molar-refractivity contribution in [3.8, 4) is 28.5 Å². The number of methoxy groups -OCH3 is 1. The van der Waals surface area contributed by atoms with Gasteiger partial charge in [-0.1, -0.05) is 0 Å². The van der Waals surface area contributed by atoms with Crippen LogP contribution in [-0.2, 0) is 0 Å². The van der Waals surface area contributed by atoms with Gasteiger partial charge in [-0.25, -0.2) is 5.43 Å².